The normalized spacial score (nSPS) is 10.9. The average molecular weight is 302 g/mol. The van der Waals surface area contributed by atoms with Gasteiger partial charge in [0.1, 0.15) is 5.75 Å². The highest BCUT2D eigenvalue weighted by atomic mass is 16.6. The van der Waals surface area contributed by atoms with E-state index < -0.39 is 12.1 Å². The van der Waals surface area contributed by atoms with E-state index in [2.05, 4.69) is 9.72 Å². The van der Waals surface area contributed by atoms with E-state index in [1.165, 1.54) is 18.1 Å². The highest BCUT2D eigenvalue weighted by molar-refractivity contribution is 5.94. The molecule has 0 unspecified atom stereocenters. The standard InChI is InChI=1S/C16H18N2O4/c1-4-18(2)16(20)22-12-6-7-13-11(5-8-15(19)21-3)10-17-14(13)9-12/h5-10,17H,4H2,1-3H3/b8-5+. The summed E-state index contributed by atoms with van der Waals surface area (Å²) in [6.45, 7) is 2.45. The minimum atomic E-state index is -0.414. The SMILES string of the molecule is CCN(C)C(=O)Oc1ccc2c(/C=C/C(=O)OC)c[nH]c2c1. The summed E-state index contributed by atoms with van der Waals surface area (Å²) in [5.41, 5.74) is 1.66. The van der Waals surface area contributed by atoms with Crippen molar-refractivity contribution in [3.8, 4) is 5.75 Å². The van der Waals surface area contributed by atoms with Crippen LogP contribution >= 0.6 is 0 Å². The zero-order chi connectivity index (χ0) is 16.1. The molecule has 0 atom stereocenters. The van der Waals surface area contributed by atoms with Gasteiger partial charge < -0.3 is 19.4 Å². The second-order valence-corrected chi connectivity index (χ2v) is 4.69. The van der Waals surface area contributed by atoms with Gasteiger partial charge in [-0.2, -0.15) is 0 Å². The van der Waals surface area contributed by atoms with Gasteiger partial charge in [-0.3, -0.25) is 0 Å². The zero-order valence-corrected chi connectivity index (χ0v) is 12.8. The van der Waals surface area contributed by atoms with Crippen LogP contribution in [0, 0.1) is 0 Å². The summed E-state index contributed by atoms with van der Waals surface area (Å²) in [6, 6.07) is 5.29. The Morgan fingerprint density at radius 2 is 2.14 bits per heavy atom. The Bertz CT molecular complexity index is 718. The maximum absolute atomic E-state index is 11.7. The predicted octanol–water partition coefficient (Wildman–Crippen LogP) is 2.80. The van der Waals surface area contributed by atoms with Gasteiger partial charge in [-0.05, 0) is 25.1 Å². The Labute approximate surface area is 128 Å². The Morgan fingerprint density at radius 3 is 2.82 bits per heavy atom. The van der Waals surface area contributed by atoms with E-state index in [0.717, 1.165) is 16.5 Å². The number of carbonyl (C=O) groups is 2. The number of H-pyrrole nitrogens is 1. The van der Waals surface area contributed by atoms with E-state index in [1.54, 1.807) is 31.5 Å². The predicted molar refractivity (Wildman–Crippen MR) is 83.7 cm³/mol. The van der Waals surface area contributed by atoms with Gasteiger partial charge in [0.05, 0.1) is 7.11 Å². The van der Waals surface area contributed by atoms with Gasteiger partial charge in [0, 0.05) is 48.4 Å². The van der Waals surface area contributed by atoms with Crippen LogP contribution < -0.4 is 4.74 Å². The lowest BCUT2D eigenvalue weighted by Gasteiger charge is -2.14. The van der Waals surface area contributed by atoms with Crippen molar-refractivity contribution in [1.82, 2.24) is 9.88 Å². The van der Waals surface area contributed by atoms with Gasteiger partial charge >= 0.3 is 12.1 Å². The number of carbonyl (C=O) groups excluding carboxylic acids is 2. The number of amides is 1. The van der Waals surface area contributed by atoms with Crippen molar-refractivity contribution in [2.45, 2.75) is 6.92 Å². The third kappa shape index (κ3) is 3.46. The summed E-state index contributed by atoms with van der Waals surface area (Å²) >= 11 is 0. The van der Waals surface area contributed by atoms with Crippen LogP contribution in [0.2, 0.25) is 0 Å². The van der Waals surface area contributed by atoms with E-state index in [4.69, 9.17) is 4.74 Å². The summed E-state index contributed by atoms with van der Waals surface area (Å²) < 4.78 is 9.83. The van der Waals surface area contributed by atoms with Gasteiger partial charge in [0.25, 0.3) is 0 Å². The number of ether oxygens (including phenoxy) is 2. The van der Waals surface area contributed by atoms with Crippen LogP contribution in [0.4, 0.5) is 4.79 Å². The van der Waals surface area contributed by atoms with Gasteiger partial charge in [0.15, 0.2) is 0 Å². The summed E-state index contributed by atoms with van der Waals surface area (Å²) in [5.74, 6) is 0.0469. The van der Waals surface area contributed by atoms with E-state index in [1.807, 2.05) is 13.0 Å². The van der Waals surface area contributed by atoms with Crippen LogP contribution in [0.5, 0.6) is 5.75 Å². The fraction of sp³-hybridized carbons (Fsp3) is 0.250. The van der Waals surface area contributed by atoms with Crippen molar-refractivity contribution in [1.29, 1.82) is 0 Å². The second kappa shape index (κ2) is 6.80. The molecule has 0 fully saturated rings. The number of methoxy groups -OCH3 is 1. The largest absolute Gasteiger partial charge is 0.466 e. The molecule has 0 radical (unpaired) electrons. The minimum absolute atomic E-state index is 0.404. The summed E-state index contributed by atoms with van der Waals surface area (Å²) in [5, 5.41) is 0.920. The summed E-state index contributed by atoms with van der Waals surface area (Å²) in [7, 11) is 3.00. The first-order chi connectivity index (χ1) is 10.5. The Balaban J connectivity index is 2.21. The summed E-state index contributed by atoms with van der Waals surface area (Å²) in [4.78, 5) is 27.4. The molecule has 1 aromatic heterocycles. The number of hydrogen-bond donors (Lipinski definition) is 1. The number of aromatic amines is 1. The second-order valence-electron chi connectivity index (χ2n) is 4.69. The molecule has 0 aliphatic carbocycles. The molecular formula is C16H18N2O4. The lowest BCUT2D eigenvalue weighted by atomic mass is 10.1. The molecule has 0 saturated carbocycles. The van der Waals surface area contributed by atoms with Crippen molar-refractivity contribution in [2.24, 2.45) is 0 Å². The third-order valence-corrected chi connectivity index (χ3v) is 3.28. The third-order valence-electron chi connectivity index (χ3n) is 3.28. The fourth-order valence-corrected chi connectivity index (χ4v) is 1.86. The monoisotopic (exact) mass is 302 g/mol. The number of nitrogens with one attached hydrogen (secondary N) is 1. The number of esters is 1. The summed E-state index contributed by atoms with van der Waals surface area (Å²) in [6.07, 6.45) is 4.39. The molecule has 0 spiro atoms. The number of fused-ring (bicyclic) bond motifs is 1. The molecule has 1 heterocycles. The maximum Gasteiger partial charge on any atom is 0.414 e. The maximum atomic E-state index is 11.7. The van der Waals surface area contributed by atoms with E-state index >= 15 is 0 Å². The molecule has 6 nitrogen and oxygen atoms in total. The van der Waals surface area contributed by atoms with E-state index in [0.29, 0.717) is 12.3 Å². The molecule has 6 heteroatoms. The topological polar surface area (TPSA) is 71.6 Å². The molecule has 2 aromatic rings. The first kappa shape index (κ1) is 15.6. The molecule has 0 aliphatic heterocycles. The molecule has 1 N–H and O–H groups in total. The van der Waals surface area contributed by atoms with Crippen LogP contribution in [-0.2, 0) is 9.53 Å². The first-order valence-electron chi connectivity index (χ1n) is 6.85. The van der Waals surface area contributed by atoms with Gasteiger partial charge in [-0.1, -0.05) is 0 Å². The van der Waals surface area contributed by atoms with Crippen LogP contribution in [-0.4, -0.2) is 42.6 Å². The molecule has 2 rings (SSSR count). The Hall–Kier alpha value is -2.76. The molecule has 116 valence electrons. The van der Waals surface area contributed by atoms with Crippen LogP contribution in [0.3, 0.4) is 0 Å². The number of nitrogens with zero attached hydrogens (tertiary/aromatic N) is 1. The number of rotatable bonds is 4. The molecule has 0 bridgehead atoms. The number of aromatic nitrogens is 1. The van der Waals surface area contributed by atoms with Crippen molar-refractivity contribution < 1.29 is 19.1 Å². The lowest BCUT2D eigenvalue weighted by Crippen LogP contribution is -2.29. The quantitative estimate of drug-likeness (QED) is 0.696. The molecule has 22 heavy (non-hydrogen) atoms. The van der Waals surface area contributed by atoms with Crippen molar-refractivity contribution >= 4 is 29.0 Å². The fourth-order valence-electron chi connectivity index (χ4n) is 1.86. The van der Waals surface area contributed by atoms with Gasteiger partial charge in [0.2, 0.25) is 0 Å². The van der Waals surface area contributed by atoms with Gasteiger partial charge in [-0.15, -0.1) is 0 Å². The van der Waals surface area contributed by atoms with Crippen LogP contribution in [0.15, 0.2) is 30.5 Å². The molecule has 0 aliphatic rings. The Morgan fingerprint density at radius 1 is 1.36 bits per heavy atom. The molecular weight excluding hydrogens is 284 g/mol. The van der Waals surface area contributed by atoms with Crippen LogP contribution in [0.25, 0.3) is 17.0 Å². The molecule has 0 saturated heterocycles. The minimum Gasteiger partial charge on any atom is -0.466 e. The van der Waals surface area contributed by atoms with Crippen molar-refractivity contribution in [3.63, 3.8) is 0 Å². The average Bonchev–Trinajstić information content (AvgIpc) is 2.93. The molecule has 1 amide bonds. The molecule has 1 aromatic carbocycles. The van der Waals surface area contributed by atoms with Crippen LogP contribution in [0.1, 0.15) is 12.5 Å². The smallest absolute Gasteiger partial charge is 0.414 e. The first-order valence-corrected chi connectivity index (χ1v) is 6.85. The zero-order valence-electron chi connectivity index (χ0n) is 12.8. The Kier molecular flexibility index (Phi) is 4.83. The number of benzene rings is 1. The highest BCUT2D eigenvalue weighted by Gasteiger charge is 2.10. The van der Waals surface area contributed by atoms with Gasteiger partial charge in [-0.25, -0.2) is 9.59 Å². The van der Waals surface area contributed by atoms with Crippen molar-refractivity contribution in [3.05, 3.63) is 36.0 Å². The van der Waals surface area contributed by atoms with E-state index in [-0.39, 0.29) is 0 Å². The number of hydrogen-bond acceptors (Lipinski definition) is 4. The lowest BCUT2D eigenvalue weighted by molar-refractivity contribution is -0.134. The highest BCUT2D eigenvalue weighted by Crippen LogP contribution is 2.24. The van der Waals surface area contributed by atoms with Crippen molar-refractivity contribution in [2.75, 3.05) is 20.7 Å². The van der Waals surface area contributed by atoms with E-state index in [9.17, 15) is 9.59 Å².